The summed E-state index contributed by atoms with van der Waals surface area (Å²) >= 11 is 0. The second kappa shape index (κ2) is 39.1. The van der Waals surface area contributed by atoms with E-state index in [4.69, 9.17) is 9.47 Å². The van der Waals surface area contributed by atoms with E-state index in [1.807, 2.05) is 0 Å². The number of aliphatic hydroxyl groups is 1. The summed E-state index contributed by atoms with van der Waals surface area (Å²) in [4.78, 5) is 28.0. The second-order valence-corrected chi connectivity index (χ2v) is 15.1. The molecule has 0 spiro atoms. The van der Waals surface area contributed by atoms with Crippen molar-refractivity contribution >= 4 is 11.9 Å². The highest BCUT2D eigenvalue weighted by atomic mass is 16.5. The molecular weight excluding hydrogens is 622 g/mol. The fourth-order valence-corrected chi connectivity index (χ4v) is 7.12. The Balaban J connectivity index is 5.05. The van der Waals surface area contributed by atoms with E-state index in [1.54, 1.807) is 0 Å². The largest absolute Gasteiger partial charge is 0.466 e. The van der Waals surface area contributed by atoms with Gasteiger partial charge in [-0.2, -0.15) is 0 Å². The molecule has 0 saturated carbocycles. The standard InChI is InChI=1S/C44H87NO5/c1-5-9-13-17-19-20-21-25-32-40-49-43(47)35-30-26-31-37-45(38-39-46)41(33-27-22-15-11-7-3)42(34-28-24-18-14-10-6-2)50-44(48)36-29-23-16-12-8-4/h41-42,46H,5-40H2,1-4H3. The highest BCUT2D eigenvalue weighted by Crippen LogP contribution is 2.24. The molecule has 0 aliphatic carbocycles. The van der Waals surface area contributed by atoms with E-state index in [9.17, 15) is 14.7 Å². The maximum atomic E-state index is 13.2. The summed E-state index contributed by atoms with van der Waals surface area (Å²) in [5, 5.41) is 10.1. The first kappa shape index (κ1) is 48.9. The molecule has 0 fully saturated rings. The number of rotatable bonds is 40. The molecule has 0 aromatic heterocycles. The molecule has 0 aliphatic rings. The third-order valence-electron chi connectivity index (χ3n) is 10.3. The third kappa shape index (κ3) is 31.6. The lowest BCUT2D eigenvalue weighted by molar-refractivity contribution is -0.154. The summed E-state index contributed by atoms with van der Waals surface area (Å²) in [7, 11) is 0. The zero-order valence-corrected chi connectivity index (χ0v) is 34.1. The molecule has 0 radical (unpaired) electrons. The topological polar surface area (TPSA) is 76.1 Å². The van der Waals surface area contributed by atoms with Gasteiger partial charge in [0.2, 0.25) is 0 Å². The summed E-state index contributed by atoms with van der Waals surface area (Å²) in [6.45, 7) is 11.1. The zero-order chi connectivity index (χ0) is 36.8. The number of hydrogen-bond acceptors (Lipinski definition) is 6. The number of carbonyl (C=O) groups excluding carboxylic acids is 2. The van der Waals surface area contributed by atoms with Crippen molar-refractivity contribution in [2.75, 3.05) is 26.3 Å². The van der Waals surface area contributed by atoms with Crippen LogP contribution in [0.15, 0.2) is 0 Å². The van der Waals surface area contributed by atoms with E-state index in [-0.39, 0.29) is 30.7 Å². The molecule has 0 rings (SSSR count). The molecule has 1 N–H and O–H groups in total. The van der Waals surface area contributed by atoms with Crippen molar-refractivity contribution in [1.82, 2.24) is 4.90 Å². The molecular formula is C44H87NO5. The number of unbranched alkanes of at least 4 members (excludes halogenated alkanes) is 23. The molecule has 6 heteroatoms. The third-order valence-corrected chi connectivity index (χ3v) is 10.3. The van der Waals surface area contributed by atoms with Crippen LogP contribution in [0.2, 0.25) is 0 Å². The van der Waals surface area contributed by atoms with Crippen molar-refractivity contribution in [3.05, 3.63) is 0 Å². The molecule has 0 aromatic rings. The Bertz CT molecular complexity index is 717. The Morgan fingerprint density at radius 1 is 0.480 bits per heavy atom. The number of nitrogens with zero attached hydrogens (tertiary/aromatic N) is 1. The summed E-state index contributed by atoms with van der Waals surface area (Å²) < 4.78 is 11.9. The van der Waals surface area contributed by atoms with Crippen LogP contribution in [0.1, 0.15) is 233 Å². The van der Waals surface area contributed by atoms with Crippen molar-refractivity contribution in [2.45, 2.75) is 245 Å². The lowest BCUT2D eigenvalue weighted by atomic mass is 9.95. The van der Waals surface area contributed by atoms with Crippen molar-refractivity contribution < 1.29 is 24.2 Å². The van der Waals surface area contributed by atoms with Gasteiger partial charge in [0, 0.05) is 25.4 Å². The van der Waals surface area contributed by atoms with Crippen molar-refractivity contribution in [3.63, 3.8) is 0 Å². The zero-order valence-electron chi connectivity index (χ0n) is 34.1. The summed E-state index contributed by atoms with van der Waals surface area (Å²) in [6.07, 6.45) is 35.9. The predicted molar refractivity (Wildman–Crippen MR) is 214 cm³/mol. The molecule has 0 bridgehead atoms. The molecule has 0 aromatic carbocycles. The van der Waals surface area contributed by atoms with Crippen LogP contribution in [0, 0.1) is 0 Å². The van der Waals surface area contributed by atoms with E-state index in [0.29, 0.717) is 26.0 Å². The molecule has 0 aliphatic heterocycles. The monoisotopic (exact) mass is 710 g/mol. The highest BCUT2D eigenvalue weighted by molar-refractivity contribution is 5.69. The molecule has 0 heterocycles. The van der Waals surface area contributed by atoms with E-state index < -0.39 is 0 Å². The maximum Gasteiger partial charge on any atom is 0.306 e. The van der Waals surface area contributed by atoms with Gasteiger partial charge in [0.1, 0.15) is 6.10 Å². The first-order valence-corrected chi connectivity index (χ1v) is 22.2. The van der Waals surface area contributed by atoms with Gasteiger partial charge in [0.15, 0.2) is 0 Å². The molecule has 0 saturated heterocycles. The van der Waals surface area contributed by atoms with Crippen LogP contribution >= 0.6 is 0 Å². The molecule has 2 atom stereocenters. The highest BCUT2D eigenvalue weighted by Gasteiger charge is 2.29. The van der Waals surface area contributed by atoms with Crippen LogP contribution in [-0.4, -0.2) is 60.4 Å². The van der Waals surface area contributed by atoms with E-state index in [1.165, 1.54) is 122 Å². The van der Waals surface area contributed by atoms with Crippen LogP contribution in [0.5, 0.6) is 0 Å². The van der Waals surface area contributed by atoms with E-state index in [2.05, 4.69) is 32.6 Å². The van der Waals surface area contributed by atoms with Gasteiger partial charge in [-0.25, -0.2) is 0 Å². The number of hydrogen-bond donors (Lipinski definition) is 1. The molecule has 50 heavy (non-hydrogen) atoms. The number of carbonyl (C=O) groups is 2. The van der Waals surface area contributed by atoms with Gasteiger partial charge < -0.3 is 14.6 Å². The molecule has 298 valence electrons. The van der Waals surface area contributed by atoms with Crippen LogP contribution in [-0.2, 0) is 19.1 Å². The van der Waals surface area contributed by atoms with Gasteiger partial charge in [0.05, 0.1) is 13.2 Å². The van der Waals surface area contributed by atoms with Crippen LogP contribution < -0.4 is 0 Å². The normalized spacial score (nSPS) is 12.8. The summed E-state index contributed by atoms with van der Waals surface area (Å²) in [5.41, 5.74) is 0. The average molecular weight is 710 g/mol. The quantitative estimate of drug-likeness (QED) is 0.0504. The minimum absolute atomic E-state index is 0.0432. The van der Waals surface area contributed by atoms with E-state index >= 15 is 0 Å². The number of aliphatic hydroxyl groups excluding tert-OH is 1. The molecule has 6 nitrogen and oxygen atoms in total. The van der Waals surface area contributed by atoms with Crippen LogP contribution in [0.4, 0.5) is 0 Å². The van der Waals surface area contributed by atoms with Crippen molar-refractivity contribution in [2.24, 2.45) is 0 Å². The molecule has 2 unspecified atom stereocenters. The smallest absolute Gasteiger partial charge is 0.306 e. The Labute approximate surface area is 312 Å². The SMILES string of the molecule is CCCCCCCCCCCOC(=O)CCCCCN(CCO)C(CCCCCCC)C(CCCCCCCC)OC(=O)CCCCCCC. The summed E-state index contributed by atoms with van der Waals surface area (Å²) in [5.74, 6) is -0.110. The number of ether oxygens (including phenoxy) is 2. The van der Waals surface area contributed by atoms with Crippen molar-refractivity contribution in [1.29, 1.82) is 0 Å². The van der Waals surface area contributed by atoms with E-state index in [0.717, 1.165) is 77.2 Å². The lowest BCUT2D eigenvalue weighted by Gasteiger charge is -2.37. The van der Waals surface area contributed by atoms with Gasteiger partial charge in [-0.1, -0.05) is 175 Å². The van der Waals surface area contributed by atoms with Crippen molar-refractivity contribution in [3.8, 4) is 0 Å². The average Bonchev–Trinajstić information content (AvgIpc) is 3.11. The Morgan fingerprint density at radius 2 is 0.900 bits per heavy atom. The number of esters is 2. The minimum Gasteiger partial charge on any atom is -0.466 e. The van der Waals surface area contributed by atoms with Crippen LogP contribution in [0.25, 0.3) is 0 Å². The summed E-state index contributed by atoms with van der Waals surface area (Å²) in [6, 6.07) is 0.129. The second-order valence-electron chi connectivity index (χ2n) is 15.1. The van der Waals surface area contributed by atoms with Gasteiger partial charge in [0.25, 0.3) is 0 Å². The Hall–Kier alpha value is -1.14. The Morgan fingerprint density at radius 3 is 1.42 bits per heavy atom. The predicted octanol–water partition coefficient (Wildman–Crippen LogP) is 12.7. The first-order valence-electron chi connectivity index (χ1n) is 22.2. The fourth-order valence-electron chi connectivity index (χ4n) is 7.12. The first-order chi connectivity index (χ1) is 24.5. The maximum absolute atomic E-state index is 13.2. The van der Waals surface area contributed by atoms with Gasteiger partial charge in [-0.3, -0.25) is 14.5 Å². The lowest BCUT2D eigenvalue weighted by Crippen LogP contribution is -2.47. The van der Waals surface area contributed by atoms with Crippen LogP contribution in [0.3, 0.4) is 0 Å². The minimum atomic E-state index is -0.127. The fraction of sp³-hybridized carbons (Fsp3) is 0.955. The Kier molecular flexibility index (Phi) is 38.2. The van der Waals surface area contributed by atoms with Gasteiger partial charge in [-0.05, 0) is 51.5 Å². The molecule has 0 amide bonds. The van der Waals surface area contributed by atoms with Gasteiger partial charge in [-0.15, -0.1) is 0 Å². The van der Waals surface area contributed by atoms with Gasteiger partial charge >= 0.3 is 11.9 Å².